The van der Waals surface area contributed by atoms with Gasteiger partial charge >= 0.3 is 0 Å². The summed E-state index contributed by atoms with van der Waals surface area (Å²) in [5.41, 5.74) is 0.484. The van der Waals surface area contributed by atoms with Gasteiger partial charge in [0.25, 0.3) is 15.9 Å². The van der Waals surface area contributed by atoms with Gasteiger partial charge in [-0.2, -0.15) is 0 Å². The summed E-state index contributed by atoms with van der Waals surface area (Å²) in [6, 6.07) is 12.8. The van der Waals surface area contributed by atoms with Crippen LogP contribution in [-0.4, -0.2) is 34.0 Å². The molecule has 1 amide bonds. The first-order valence-electron chi connectivity index (χ1n) is 10.0. The summed E-state index contributed by atoms with van der Waals surface area (Å²) in [6.07, 6.45) is 4.30. The third kappa shape index (κ3) is 5.67. The second-order valence-corrected chi connectivity index (χ2v) is 10.1. The molecule has 6 nitrogen and oxygen atoms in total. The summed E-state index contributed by atoms with van der Waals surface area (Å²) in [4.78, 5) is 12.3. The quantitative estimate of drug-likeness (QED) is 0.684. The van der Waals surface area contributed by atoms with E-state index in [1.807, 2.05) is 0 Å². The Bertz CT molecular complexity index is 954. The third-order valence-electron chi connectivity index (χ3n) is 5.42. The van der Waals surface area contributed by atoms with E-state index < -0.39 is 10.0 Å². The van der Waals surface area contributed by atoms with E-state index >= 15 is 0 Å². The molecule has 1 aliphatic rings. The zero-order valence-electron chi connectivity index (χ0n) is 17.2. The maximum absolute atomic E-state index is 12.8. The van der Waals surface area contributed by atoms with Crippen LogP contribution in [0.2, 0.25) is 5.02 Å². The predicted octanol–water partition coefficient (Wildman–Crippen LogP) is 4.24. The number of sulfonamides is 1. The SMILES string of the molecule is CC1CCC(NC(=O)COc2ccc(N(C)S(=O)(=O)c3ccc(Cl)cc3)cc2)CC1. The molecule has 1 N–H and O–H groups in total. The molecule has 3 rings (SSSR count). The number of benzene rings is 2. The van der Waals surface area contributed by atoms with Gasteiger partial charge in [0.05, 0.1) is 10.6 Å². The van der Waals surface area contributed by atoms with Crippen molar-refractivity contribution in [1.82, 2.24) is 5.32 Å². The van der Waals surface area contributed by atoms with Crippen molar-refractivity contribution in [2.45, 2.75) is 43.5 Å². The number of halogens is 1. The lowest BCUT2D eigenvalue weighted by atomic mass is 9.87. The van der Waals surface area contributed by atoms with Gasteiger partial charge in [-0.1, -0.05) is 18.5 Å². The Balaban J connectivity index is 1.55. The Morgan fingerprint density at radius 2 is 1.67 bits per heavy atom. The summed E-state index contributed by atoms with van der Waals surface area (Å²) in [7, 11) is -2.21. The van der Waals surface area contributed by atoms with E-state index in [4.69, 9.17) is 16.3 Å². The highest BCUT2D eigenvalue weighted by Gasteiger charge is 2.22. The van der Waals surface area contributed by atoms with Crippen LogP contribution >= 0.6 is 11.6 Å². The van der Waals surface area contributed by atoms with Crippen LogP contribution in [0.3, 0.4) is 0 Å². The molecule has 1 saturated carbocycles. The molecule has 30 heavy (non-hydrogen) atoms. The van der Waals surface area contributed by atoms with Crippen LogP contribution in [0.1, 0.15) is 32.6 Å². The molecule has 1 aliphatic carbocycles. The minimum atomic E-state index is -3.70. The van der Waals surface area contributed by atoms with Crippen LogP contribution < -0.4 is 14.4 Å². The molecule has 0 spiro atoms. The van der Waals surface area contributed by atoms with Crippen LogP contribution in [0.4, 0.5) is 5.69 Å². The van der Waals surface area contributed by atoms with Gasteiger partial charge in [0.15, 0.2) is 6.61 Å². The molecule has 0 bridgehead atoms. The Labute approximate surface area is 183 Å². The van der Waals surface area contributed by atoms with Crippen molar-refractivity contribution in [3.05, 3.63) is 53.6 Å². The third-order valence-corrected chi connectivity index (χ3v) is 7.48. The van der Waals surface area contributed by atoms with Gasteiger partial charge in [0.2, 0.25) is 0 Å². The van der Waals surface area contributed by atoms with Gasteiger partial charge < -0.3 is 10.1 Å². The molecule has 0 heterocycles. The number of nitrogens with one attached hydrogen (secondary N) is 1. The van der Waals surface area contributed by atoms with Crippen molar-refractivity contribution in [2.75, 3.05) is 18.0 Å². The smallest absolute Gasteiger partial charge is 0.264 e. The van der Waals surface area contributed by atoms with E-state index in [1.165, 1.54) is 35.6 Å². The van der Waals surface area contributed by atoms with E-state index in [0.717, 1.165) is 31.6 Å². The van der Waals surface area contributed by atoms with E-state index in [1.54, 1.807) is 24.3 Å². The van der Waals surface area contributed by atoms with Crippen LogP contribution in [0, 0.1) is 5.92 Å². The molecule has 0 aromatic heterocycles. The standard InChI is InChI=1S/C22H27ClN2O4S/c1-16-3-7-18(8-4-16)24-22(26)15-29-20-11-9-19(10-12-20)25(2)30(27,28)21-13-5-17(23)6-14-21/h5-6,9-14,16,18H,3-4,7-8,15H2,1-2H3,(H,24,26). The molecule has 2 aromatic rings. The van der Waals surface area contributed by atoms with Crippen LogP contribution in [-0.2, 0) is 14.8 Å². The van der Waals surface area contributed by atoms with Crippen molar-refractivity contribution >= 4 is 33.2 Å². The maximum Gasteiger partial charge on any atom is 0.264 e. The summed E-state index contributed by atoms with van der Waals surface area (Å²) in [6.45, 7) is 2.17. The molecule has 0 saturated heterocycles. The van der Waals surface area contributed by atoms with Crippen molar-refractivity contribution in [3.63, 3.8) is 0 Å². The van der Waals surface area contributed by atoms with Crippen molar-refractivity contribution in [1.29, 1.82) is 0 Å². The lowest BCUT2D eigenvalue weighted by molar-refractivity contribution is -0.124. The molecular weight excluding hydrogens is 424 g/mol. The van der Waals surface area contributed by atoms with Crippen LogP contribution in [0.25, 0.3) is 0 Å². The number of nitrogens with zero attached hydrogens (tertiary/aromatic N) is 1. The number of carbonyl (C=O) groups is 1. The Kier molecular flexibility index (Phi) is 7.26. The van der Waals surface area contributed by atoms with E-state index in [2.05, 4.69) is 12.2 Å². The lowest BCUT2D eigenvalue weighted by Gasteiger charge is -2.26. The first-order valence-corrected chi connectivity index (χ1v) is 11.8. The van der Waals surface area contributed by atoms with Crippen LogP contribution in [0.5, 0.6) is 5.75 Å². The first kappa shape index (κ1) is 22.4. The fourth-order valence-electron chi connectivity index (χ4n) is 3.48. The van der Waals surface area contributed by atoms with E-state index in [0.29, 0.717) is 16.5 Å². The monoisotopic (exact) mass is 450 g/mol. The second kappa shape index (κ2) is 9.71. The zero-order valence-corrected chi connectivity index (χ0v) is 18.7. The molecule has 0 unspecified atom stereocenters. The van der Waals surface area contributed by atoms with E-state index in [-0.39, 0.29) is 23.5 Å². The molecule has 8 heteroatoms. The average Bonchev–Trinajstić information content (AvgIpc) is 2.74. The summed E-state index contributed by atoms with van der Waals surface area (Å²) in [5.74, 6) is 1.10. The van der Waals surface area contributed by atoms with Gasteiger partial charge in [0, 0.05) is 18.1 Å². The number of anilines is 1. The molecule has 0 radical (unpaired) electrons. The molecule has 0 atom stereocenters. The Morgan fingerprint density at radius 1 is 1.07 bits per heavy atom. The van der Waals surface area contributed by atoms with Gasteiger partial charge in [0.1, 0.15) is 5.75 Å². The molecule has 2 aromatic carbocycles. The highest BCUT2D eigenvalue weighted by atomic mass is 35.5. The normalized spacial score (nSPS) is 19.2. The van der Waals surface area contributed by atoms with E-state index in [9.17, 15) is 13.2 Å². The molecule has 0 aliphatic heterocycles. The predicted molar refractivity (Wildman–Crippen MR) is 119 cm³/mol. The highest BCUT2D eigenvalue weighted by molar-refractivity contribution is 7.92. The summed E-state index contributed by atoms with van der Waals surface area (Å²) >= 11 is 5.84. The van der Waals surface area contributed by atoms with Crippen molar-refractivity contribution in [3.8, 4) is 5.75 Å². The maximum atomic E-state index is 12.8. The van der Waals surface area contributed by atoms with Gasteiger partial charge in [-0.15, -0.1) is 0 Å². The minimum Gasteiger partial charge on any atom is -0.484 e. The van der Waals surface area contributed by atoms with Crippen molar-refractivity contribution < 1.29 is 17.9 Å². The molecular formula is C22H27ClN2O4S. The number of ether oxygens (including phenoxy) is 1. The summed E-state index contributed by atoms with van der Waals surface area (Å²) in [5, 5.41) is 3.49. The zero-order chi connectivity index (χ0) is 21.7. The molecule has 162 valence electrons. The van der Waals surface area contributed by atoms with Crippen molar-refractivity contribution in [2.24, 2.45) is 5.92 Å². The summed E-state index contributed by atoms with van der Waals surface area (Å²) < 4.78 is 32.2. The van der Waals surface area contributed by atoms with Gasteiger partial charge in [-0.05, 0) is 80.1 Å². The first-order chi connectivity index (χ1) is 14.3. The topological polar surface area (TPSA) is 75.7 Å². The lowest BCUT2D eigenvalue weighted by Crippen LogP contribution is -2.39. The number of amides is 1. The largest absolute Gasteiger partial charge is 0.484 e. The minimum absolute atomic E-state index is 0.0652. The Morgan fingerprint density at radius 3 is 2.27 bits per heavy atom. The van der Waals surface area contributed by atoms with Gasteiger partial charge in [-0.3, -0.25) is 9.10 Å². The second-order valence-electron chi connectivity index (χ2n) is 7.73. The fraction of sp³-hybridized carbons (Fsp3) is 0.409. The number of carbonyl (C=O) groups excluding carboxylic acids is 1. The average molecular weight is 451 g/mol. The highest BCUT2D eigenvalue weighted by Crippen LogP contribution is 2.26. The fourth-order valence-corrected chi connectivity index (χ4v) is 4.80. The van der Waals surface area contributed by atoms with Gasteiger partial charge in [-0.25, -0.2) is 8.42 Å². The Hall–Kier alpha value is -2.25. The van der Waals surface area contributed by atoms with Crippen LogP contribution in [0.15, 0.2) is 53.4 Å². The number of hydrogen-bond donors (Lipinski definition) is 1. The number of hydrogen-bond acceptors (Lipinski definition) is 4. The molecule has 1 fully saturated rings. The number of rotatable bonds is 7.